The number of aromatic nitrogens is 5. The standard InChI is InChI=1S/C9H14N6O/c1-2-14(4-3-5-16)9-7-10-6-8-11-12-13-15(8)9/h6-7,16H,2-5H2,1H3. The molecule has 0 radical (unpaired) electrons. The van der Waals surface area contributed by atoms with Gasteiger partial charge in [-0.1, -0.05) is 0 Å². The molecule has 0 fully saturated rings. The van der Waals surface area contributed by atoms with Gasteiger partial charge in [-0.2, -0.15) is 4.52 Å². The second kappa shape index (κ2) is 4.84. The normalized spacial score (nSPS) is 10.9. The molecule has 0 spiro atoms. The number of tetrazole rings is 1. The maximum atomic E-state index is 8.84. The summed E-state index contributed by atoms with van der Waals surface area (Å²) in [5, 5.41) is 20.2. The molecule has 0 aromatic carbocycles. The Labute approximate surface area is 92.7 Å². The molecule has 0 atom stereocenters. The monoisotopic (exact) mass is 222 g/mol. The van der Waals surface area contributed by atoms with Gasteiger partial charge < -0.3 is 10.0 Å². The highest BCUT2D eigenvalue weighted by molar-refractivity contribution is 5.45. The van der Waals surface area contributed by atoms with E-state index < -0.39 is 0 Å². The topological polar surface area (TPSA) is 79.4 Å². The summed E-state index contributed by atoms with van der Waals surface area (Å²) >= 11 is 0. The molecule has 2 aromatic heterocycles. The molecular weight excluding hydrogens is 208 g/mol. The lowest BCUT2D eigenvalue weighted by molar-refractivity contribution is 0.289. The van der Waals surface area contributed by atoms with E-state index in [0.717, 1.165) is 18.9 Å². The first kappa shape index (κ1) is 10.7. The number of aliphatic hydroxyl groups is 1. The minimum absolute atomic E-state index is 0.176. The number of fused-ring (bicyclic) bond motifs is 1. The van der Waals surface area contributed by atoms with Crippen molar-refractivity contribution in [1.82, 2.24) is 25.0 Å². The van der Waals surface area contributed by atoms with Gasteiger partial charge in [0, 0.05) is 19.7 Å². The van der Waals surface area contributed by atoms with Crippen molar-refractivity contribution in [1.29, 1.82) is 0 Å². The summed E-state index contributed by atoms with van der Waals surface area (Å²) in [6, 6.07) is 0. The third-order valence-corrected chi connectivity index (χ3v) is 2.38. The van der Waals surface area contributed by atoms with Crippen molar-refractivity contribution in [2.75, 3.05) is 24.6 Å². The lowest BCUT2D eigenvalue weighted by atomic mass is 10.4. The van der Waals surface area contributed by atoms with Crippen LogP contribution in [-0.4, -0.2) is 49.8 Å². The summed E-state index contributed by atoms with van der Waals surface area (Å²) in [6.07, 6.45) is 4.06. The molecule has 0 aliphatic carbocycles. The Morgan fingerprint density at radius 2 is 2.31 bits per heavy atom. The molecule has 16 heavy (non-hydrogen) atoms. The van der Waals surface area contributed by atoms with Gasteiger partial charge in [-0.15, -0.1) is 5.10 Å². The van der Waals surface area contributed by atoms with Crippen LogP contribution in [0.1, 0.15) is 13.3 Å². The predicted molar refractivity (Wildman–Crippen MR) is 58.2 cm³/mol. The lowest BCUT2D eigenvalue weighted by Crippen LogP contribution is -2.27. The second-order valence-corrected chi connectivity index (χ2v) is 3.37. The smallest absolute Gasteiger partial charge is 0.199 e. The Kier molecular flexibility index (Phi) is 3.25. The third kappa shape index (κ3) is 1.94. The predicted octanol–water partition coefficient (Wildman–Crippen LogP) is -0.272. The van der Waals surface area contributed by atoms with Gasteiger partial charge in [0.2, 0.25) is 0 Å². The average Bonchev–Trinajstić information content (AvgIpc) is 2.78. The van der Waals surface area contributed by atoms with Gasteiger partial charge in [0.25, 0.3) is 0 Å². The van der Waals surface area contributed by atoms with E-state index in [1.165, 1.54) is 0 Å². The number of rotatable bonds is 5. The number of anilines is 1. The van der Waals surface area contributed by atoms with Gasteiger partial charge in [-0.3, -0.25) is 4.98 Å². The Hall–Kier alpha value is -1.76. The lowest BCUT2D eigenvalue weighted by Gasteiger charge is -2.21. The van der Waals surface area contributed by atoms with Crippen LogP contribution >= 0.6 is 0 Å². The van der Waals surface area contributed by atoms with E-state index in [0.29, 0.717) is 12.1 Å². The minimum atomic E-state index is 0.176. The zero-order valence-electron chi connectivity index (χ0n) is 9.11. The summed E-state index contributed by atoms with van der Waals surface area (Å²) in [5.41, 5.74) is 0.625. The molecule has 0 saturated heterocycles. The number of hydrogen-bond donors (Lipinski definition) is 1. The molecule has 2 heterocycles. The molecule has 7 nitrogen and oxygen atoms in total. The molecule has 0 aliphatic rings. The van der Waals surface area contributed by atoms with Crippen molar-refractivity contribution in [3.8, 4) is 0 Å². The summed E-state index contributed by atoms with van der Waals surface area (Å²) in [6.45, 7) is 3.80. The SMILES string of the molecule is CCN(CCCO)c1cncc2nnnn12. The molecule has 0 unspecified atom stereocenters. The number of aliphatic hydroxyl groups excluding tert-OH is 1. The highest BCUT2D eigenvalue weighted by atomic mass is 16.3. The van der Waals surface area contributed by atoms with Crippen molar-refractivity contribution >= 4 is 11.5 Å². The van der Waals surface area contributed by atoms with Crippen molar-refractivity contribution in [3.63, 3.8) is 0 Å². The Balaban J connectivity index is 2.32. The van der Waals surface area contributed by atoms with Crippen molar-refractivity contribution in [2.45, 2.75) is 13.3 Å². The highest BCUT2D eigenvalue weighted by Gasteiger charge is 2.10. The van der Waals surface area contributed by atoms with Gasteiger partial charge in [-0.25, -0.2) is 0 Å². The molecule has 2 aromatic rings. The van der Waals surface area contributed by atoms with Crippen LogP contribution in [0, 0.1) is 0 Å². The summed E-state index contributed by atoms with van der Waals surface area (Å²) in [7, 11) is 0. The molecule has 2 rings (SSSR count). The maximum absolute atomic E-state index is 8.84. The van der Waals surface area contributed by atoms with Gasteiger partial charge in [-0.05, 0) is 23.8 Å². The summed E-state index contributed by atoms with van der Waals surface area (Å²) in [5.74, 6) is 0.846. The first-order chi connectivity index (χ1) is 7.86. The Morgan fingerprint density at radius 3 is 3.06 bits per heavy atom. The molecule has 86 valence electrons. The highest BCUT2D eigenvalue weighted by Crippen LogP contribution is 2.12. The van der Waals surface area contributed by atoms with E-state index in [1.807, 2.05) is 6.92 Å². The Bertz CT molecular complexity index is 456. The third-order valence-electron chi connectivity index (χ3n) is 2.38. The fourth-order valence-corrected chi connectivity index (χ4v) is 1.57. The summed E-state index contributed by atoms with van der Waals surface area (Å²) in [4.78, 5) is 6.17. The van der Waals surface area contributed by atoms with E-state index in [2.05, 4.69) is 25.4 Å². The molecule has 0 aliphatic heterocycles. The quantitative estimate of drug-likeness (QED) is 0.750. The molecular formula is C9H14N6O. The summed E-state index contributed by atoms with van der Waals surface area (Å²) < 4.78 is 1.65. The minimum Gasteiger partial charge on any atom is -0.396 e. The molecule has 7 heteroatoms. The zero-order chi connectivity index (χ0) is 11.4. The van der Waals surface area contributed by atoms with Crippen LogP contribution in [0.25, 0.3) is 5.65 Å². The molecule has 0 bridgehead atoms. The van der Waals surface area contributed by atoms with E-state index in [9.17, 15) is 0 Å². The van der Waals surface area contributed by atoms with Gasteiger partial charge in [0.1, 0.15) is 0 Å². The largest absolute Gasteiger partial charge is 0.396 e. The van der Waals surface area contributed by atoms with Crippen LogP contribution in [0.5, 0.6) is 0 Å². The van der Waals surface area contributed by atoms with Gasteiger partial charge in [0.05, 0.1) is 12.4 Å². The Morgan fingerprint density at radius 1 is 1.44 bits per heavy atom. The van der Waals surface area contributed by atoms with E-state index in [1.54, 1.807) is 16.9 Å². The van der Waals surface area contributed by atoms with Gasteiger partial charge >= 0.3 is 0 Å². The van der Waals surface area contributed by atoms with Crippen LogP contribution in [0.4, 0.5) is 5.82 Å². The van der Waals surface area contributed by atoms with Gasteiger partial charge in [0.15, 0.2) is 11.5 Å². The van der Waals surface area contributed by atoms with Crippen molar-refractivity contribution in [3.05, 3.63) is 12.4 Å². The number of nitrogens with zero attached hydrogens (tertiary/aromatic N) is 6. The average molecular weight is 222 g/mol. The molecule has 0 saturated carbocycles. The van der Waals surface area contributed by atoms with Crippen LogP contribution in [0.15, 0.2) is 12.4 Å². The van der Waals surface area contributed by atoms with E-state index in [-0.39, 0.29) is 6.61 Å². The first-order valence-electron chi connectivity index (χ1n) is 5.24. The maximum Gasteiger partial charge on any atom is 0.199 e. The van der Waals surface area contributed by atoms with E-state index in [4.69, 9.17) is 5.11 Å². The number of hydrogen-bond acceptors (Lipinski definition) is 6. The zero-order valence-corrected chi connectivity index (χ0v) is 9.11. The molecule has 1 N–H and O–H groups in total. The van der Waals surface area contributed by atoms with Crippen LogP contribution in [0.2, 0.25) is 0 Å². The van der Waals surface area contributed by atoms with E-state index >= 15 is 0 Å². The van der Waals surface area contributed by atoms with Crippen LogP contribution < -0.4 is 4.90 Å². The van der Waals surface area contributed by atoms with Crippen molar-refractivity contribution in [2.24, 2.45) is 0 Å². The van der Waals surface area contributed by atoms with Crippen LogP contribution in [0.3, 0.4) is 0 Å². The first-order valence-corrected chi connectivity index (χ1v) is 5.24. The fourth-order valence-electron chi connectivity index (χ4n) is 1.57. The fraction of sp³-hybridized carbons (Fsp3) is 0.556. The molecule has 0 amide bonds. The second-order valence-electron chi connectivity index (χ2n) is 3.37. The van der Waals surface area contributed by atoms with Crippen molar-refractivity contribution < 1.29 is 5.11 Å². The van der Waals surface area contributed by atoms with Crippen LogP contribution in [-0.2, 0) is 0 Å².